The highest BCUT2D eigenvalue weighted by Gasteiger charge is 2.53. The van der Waals surface area contributed by atoms with Gasteiger partial charge in [0.05, 0.1) is 18.1 Å². The highest BCUT2D eigenvalue weighted by atomic mass is 16.3. The van der Waals surface area contributed by atoms with Crippen molar-refractivity contribution in [2.24, 2.45) is 17.7 Å². The maximum Gasteiger partial charge on any atom is 0.268 e. The van der Waals surface area contributed by atoms with Crippen molar-refractivity contribution in [2.75, 3.05) is 6.54 Å². The standard InChI is InChI=1S/C16H19N3O4/c17-19-7-8-6-16(23,9-1-2-9)12(5-11(8)15(19)22)10-3-4-13(20)18-14(10)21/h5,9-10,23H,1-4,6-7,17H2,(H,18,20,21). The summed E-state index contributed by atoms with van der Waals surface area (Å²) >= 11 is 0. The first kappa shape index (κ1) is 14.6. The van der Waals surface area contributed by atoms with E-state index < -0.39 is 11.5 Å². The Kier molecular flexibility index (Phi) is 3.01. The van der Waals surface area contributed by atoms with E-state index in [1.54, 1.807) is 6.08 Å². The molecular formula is C16H19N3O4. The van der Waals surface area contributed by atoms with E-state index in [1.807, 2.05) is 0 Å². The van der Waals surface area contributed by atoms with Gasteiger partial charge in [0.1, 0.15) is 0 Å². The molecule has 0 aromatic heterocycles. The van der Waals surface area contributed by atoms with Crippen LogP contribution < -0.4 is 11.2 Å². The normalized spacial score (nSPS) is 34.5. The Morgan fingerprint density at radius 1 is 1.26 bits per heavy atom. The Balaban J connectivity index is 1.75. The number of nitrogens with two attached hydrogens (primary N) is 1. The second kappa shape index (κ2) is 4.75. The zero-order valence-corrected chi connectivity index (χ0v) is 12.7. The van der Waals surface area contributed by atoms with E-state index in [4.69, 9.17) is 5.84 Å². The number of imide groups is 1. The summed E-state index contributed by atoms with van der Waals surface area (Å²) in [7, 11) is 0. The molecule has 0 spiro atoms. The molecule has 2 unspecified atom stereocenters. The van der Waals surface area contributed by atoms with Gasteiger partial charge in [0.25, 0.3) is 5.91 Å². The van der Waals surface area contributed by atoms with Crippen LogP contribution in [0.5, 0.6) is 0 Å². The van der Waals surface area contributed by atoms with Crippen LogP contribution in [0.15, 0.2) is 22.8 Å². The molecule has 4 N–H and O–H groups in total. The van der Waals surface area contributed by atoms with E-state index >= 15 is 0 Å². The van der Waals surface area contributed by atoms with Crippen LogP contribution in [0.2, 0.25) is 0 Å². The van der Waals surface area contributed by atoms with Crippen molar-refractivity contribution >= 4 is 17.7 Å². The molecule has 4 rings (SSSR count). The highest BCUT2D eigenvalue weighted by molar-refractivity contribution is 6.02. The monoisotopic (exact) mass is 317 g/mol. The van der Waals surface area contributed by atoms with Gasteiger partial charge in [0.15, 0.2) is 0 Å². The lowest BCUT2D eigenvalue weighted by atomic mass is 9.70. The molecule has 0 radical (unpaired) electrons. The van der Waals surface area contributed by atoms with Crippen molar-refractivity contribution in [3.05, 3.63) is 22.8 Å². The maximum atomic E-state index is 12.3. The predicted molar refractivity (Wildman–Crippen MR) is 79.2 cm³/mol. The molecule has 2 aliphatic heterocycles. The predicted octanol–water partition coefficient (Wildman–Crippen LogP) is -0.477. The zero-order valence-electron chi connectivity index (χ0n) is 12.7. The van der Waals surface area contributed by atoms with Crippen LogP contribution in [0.25, 0.3) is 0 Å². The summed E-state index contributed by atoms with van der Waals surface area (Å²) in [5, 5.41) is 14.8. The van der Waals surface area contributed by atoms with Crippen LogP contribution in [0, 0.1) is 11.8 Å². The number of aliphatic hydroxyl groups is 1. The fraction of sp³-hybridized carbons (Fsp3) is 0.562. The summed E-state index contributed by atoms with van der Waals surface area (Å²) in [6, 6.07) is 0. The molecule has 0 bridgehead atoms. The quantitative estimate of drug-likeness (QED) is 0.362. The van der Waals surface area contributed by atoms with Gasteiger partial charge in [-0.15, -0.1) is 0 Å². The van der Waals surface area contributed by atoms with Crippen LogP contribution >= 0.6 is 0 Å². The zero-order chi connectivity index (χ0) is 16.4. The fourth-order valence-electron chi connectivity index (χ4n) is 4.02. The smallest absolute Gasteiger partial charge is 0.268 e. The first-order chi connectivity index (χ1) is 10.9. The van der Waals surface area contributed by atoms with Crippen molar-refractivity contribution in [1.29, 1.82) is 0 Å². The van der Waals surface area contributed by atoms with Crippen molar-refractivity contribution in [3.8, 4) is 0 Å². The van der Waals surface area contributed by atoms with Crippen LogP contribution in [-0.4, -0.2) is 40.0 Å². The van der Waals surface area contributed by atoms with Crippen molar-refractivity contribution in [3.63, 3.8) is 0 Å². The lowest BCUT2D eigenvalue weighted by Crippen LogP contribution is -2.48. The second-order valence-electron chi connectivity index (χ2n) is 6.93. The van der Waals surface area contributed by atoms with E-state index in [0.717, 1.165) is 23.4 Å². The molecule has 7 nitrogen and oxygen atoms in total. The SMILES string of the molecule is NN1CC2=C(C=C(C3CCC(=O)NC3=O)C(O)(C3CC3)C2)C1=O. The van der Waals surface area contributed by atoms with Gasteiger partial charge in [0.2, 0.25) is 11.8 Å². The van der Waals surface area contributed by atoms with Gasteiger partial charge in [-0.05, 0) is 42.4 Å². The molecule has 2 aliphatic carbocycles. The third-order valence-corrected chi connectivity index (χ3v) is 5.38. The van der Waals surface area contributed by atoms with Gasteiger partial charge in [-0.1, -0.05) is 0 Å². The molecule has 4 aliphatic rings. The van der Waals surface area contributed by atoms with Gasteiger partial charge in [-0.25, -0.2) is 5.84 Å². The first-order valence-corrected chi connectivity index (χ1v) is 7.97. The lowest BCUT2D eigenvalue weighted by Gasteiger charge is -2.39. The summed E-state index contributed by atoms with van der Waals surface area (Å²) in [4.78, 5) is 35.8. The molecule has 3 amide bonds. The largest absolute Gasteiger partial charge is 0.385 e. The Morgan fingerprint density at radius 3 is 2.65 bits per heavy atom. The van der Waals surface area contributed by atoms with Crippen molar-refractivity contribution in [2.45, 2.75) is 37.7 Å². The molecule has 1 saturated heterocycles. The number of hydrogen-bond donors (Lipinski definition) is 3. The third-order valence-electron chi connectivity index (χ3n) is 5.38. The molecule has 2 heterocycles. The minimum Gasteiger partial charge on any atom is -0.385 e. The Labute approximate surface area is 133 Å². The van der Waals surface area contributed by atoms with Gasteiger partial charge in [-0.3, -0.25) is 24.7 Å². The molecule has 1 saturated carbocycles. The number of rotatable bonds is 2. The van der Waals surface area contributed by atoms with Crippen LogP contribution in [0.1, 0.15) is 32.1 Å². The van der Waals surface area contributed by atoms with Crippen LogP contribution in [0.4, 0.5) is 0 Å². The van der Waals surface area contributed by atoms with E-state index in [0.29, 0.717) is 30.5 Å². The van der Waals surface area contributed by atoms with Gasteiger partial charge in [0, 0.05) is 18.4 Å². The van der Waals surface area contributed by atoms with Crippen molar-refractivity contribution < 1.29 is 19.5 Å². The minimum absolute atomic E-state index is 0.107. The number of piperidine rings is 1. The van der Waals surface area contributed by atoms with Gasteiger partial charge in [-0.2, -0.15) is 0 Å². The highest BCUT2D eigenvalue weighted by Crippen LogP contribution is 2.52. The topological polar surface area (TPSA) is 113 Å². The minimum atomic E-state index is -1.10. The summed E-state index contributed by atoms with van der Waals surface area (Å²) in [5.74, 6) is 4.29. The molecule has 0 aromatic rings. The molecule has 2 fully saturated rings. The Hall–Kier alpha value is -1.99. The summed E-state index contributed by atoms with van der Waals surface area (Å²) in [6.07, 6.45) is 4.43. The number of amides is 3. The van der Waals surface area contributed by atoms with Crippen LogP contribution in [-0.2, 0) is 14.4 Å². The molecule has 23 heavy (non-hydrogen) atoms. The molecule has 7 heteroatoms. The number of hydrogen-bond acceptors (Lipinski definition) is 5. The molecule has 0 aromatic carbocycles. The number of carbonyl (C=O) groups excluding carboxylic acids is 3. The van der Waals surface area contributed by atoms with Crippen molar-refractivity contribution in [1.82, 2.24) is 10.3 Å². The van der Waals surface area contributed by atoms with Gasteiger partial charge < -0.3 is 5.11 Å². The van der Waals surface area contributed by atoms with Crippen LogP contribution in [0.3, 0.4) is 0 Å². The summed E-state index contributed by atoms with van der Waals surface area (Å²) in [6.45, 7) is 0.322. The lowest BCUT2D eigenvalue weighted by molar-refractivity contribution is -0.136. The average molecular weight is 317 g/mol. The van der Waals surface area contributed by atoms with E-state index in [1.165, 1.54) is 0 Å². The Morgan fingerprint density at radius 2 is 2.00 bits per heavy atom. The number of nitrogens with zero attached hydrogens (tertiary/aromatic N) is 1. The second-order valence-corrected chi connectivity index (χ2v) is 6.93. The molecule has 122 valence electrons. The number of hydrazine groups is 1. The van der Waals surface area contributed by atoms with Gasteiger partial charge >= 0.3 is 0 Å². The fourth-order valence-corrected chi connectivity index (χ4v) is 4.02. The third kappa shape index (κ3) is 2.14. The van der Waals surface area contributed by atoms with E-state index in [-0.39, 0.29) is 30.1 Å². The number of carbonyl (C=O) groups is 3. The van der Waals surface area contributed by atoms with E-state index in [9.17, 15) is 19.5 Å². The summed E-state index contributed by atoms with van der Waals surface area (Å²) in [5.41, 5.74) is 0.806. The maximum absolute atomic E-state index is 12.3. The average Bonchev–Trinajstić information content (AvgIpc) is 3.29. The Bertz CT molecular complexity index is 691. The molecular weight excluding hydrogens is 298 g/mol. The number of nitrogens with one attached hydrogen (secondary N) is 1. The molecule has 2 atom stereocenters. The van der Waals surface area contributed by atoms with E-state index in [2.05, 4.69) is 5.32 Å². The first-order valence-electron chi connectivity index (χ1n) is 7.97. The summed E-state index contributed by atoms with van der Waals surface area (Å²) < 4.78 is 0.